The average Bonchev–Trinajstić information content (AvgIpc) is 2.41. The molecule has 0 radical (unpaired) electrons. The van der Waals surface area contributed by atoms with Crippen LogP contribution < -0.4 is 5.73 Å². The van der Waals surface area contributed by atoms with E-state index >= 15 is 0 Å². The second-order valence-electron chi connectivity index (χ2n) is 5.28. The minimum Gasteiger partial charge on any atom is -0.320 e. The summed E-state index contributed by atoms with van der Waals surface area (Å²) in [7, 11) is -3.20. The summed E-state index contributed by atoms with van der Waals surface area (Å²) >= 11 is 6.27. The van der Waals surface area contributed by atoms with E-state index in [0.29, 0.717) is 5.02 Å². The van der Waals surface area contributed by atoms with Crippen molar-refractivity contribution in [2.24, 2.45) is 5.73 Å². The normalized spacial score (nSPS) is 13.2. The Bertz CT molecular complexity index is 768. The molecule has 2 aromatic rings. The highest BCUT2D eigenvalue weighted by Crippen LogP contribution is 2.29. The van der Waals surface area contributed by atoms with E-state index in [9.17, 15) is 8.42 Å². The van der Waals surface area contributed by atoms with Gasteiger partial charge in [0.1, 0.15) is 0 Å². The molecule has 0 heterocycles. The first-order valence-electron chi connectivity index (χ1n) is 6.52. The third-order valence-corrected chi connectivity index (χ3v) is 5.07. The van der Waals surface area contributed by atoms with Crippen molar-refractivity contribution in [2.75, 3.05) is 6.26 Å². The van der Waals surface area contributed by atoms with Crippen LogP contribution in [0.5, 0.6) is 0 Å². The summed E-state index contributed by atoms with van der Waals surface area (Å²) in [6.45, 7) is 4.01. The molecule has 2 rings (SSSR count). The topological polar surface area (TPSA) is 60.2 Å². The first kappa shape index (κ1) is 16.0. The van der Waals surface area contributed by atoms with Gasteiger partial charge in [0.15, 0.2) is 9.84 Å². The molecule has 1 unspecified atom stereocenters. The van der Waals surface area contributed by atoms with Crippen LogP contribution in [0, 0.1) is 13.8 Å². The lowest BCUT2D eigenvalue weighted by molar-refractivity contribution is 0.602. The number of hydrogen-bond donors (Lipinski definition) is 1. The van der Waals surface area contributed by atoms with Crippen LogP contribution in [0.15, 0.2) is 41.3 Å². The van der Waals surface area contributed by atoms with Crippen LogP contribution in [-0.2, 0) is 9.84 Å². The predicted molar refractivity (Wildman–Crippen MR) is 86.5 cm³/mol. The Balaban J connectivity index is 2.41. The van der Waals surface area contributed by atoms with Crippen LogP contribution in [0.2, 0.25) is 5.02 Å². The fourth-order valence-corrected chi connectivity index (χ4v) is 3.11. The zero-order valence-corrected chi connectivity index (χ0v) is 13.8. The maximum absolute atomic E-state index is 11.5. The third-order valence-electron chi connectivity index (χ3n) is 3.62. The van der Waals surface area contributed by atoms with Crippen LogP contribution in [0.1, 0.15) is 28.3 Å². The van der Waals surface area contributed by atoms with E-state index < -0.39 is 9.84 Å². The molecule has 0 fully saturated rings. The minimum atomic E-state index is -3.20. The van der Waals surface area contributed by atoms with E-state index in [1.54, 1.807) is 24.3 Å². The van der Waals surface area contributed by atoms with E-state index in [4.69, 9.17) is 17.3 Å². The number of rotatable bonds is 3. The molecule has 2 N–H and O–H groups in total. The average molecular weight is 324 g/mol. The summed E-state index contributed by atoms with van der Waals surface area (Å²) in [5, 5.41) is 0.623. The van der Waals surface area contributed by atoms with E-state index in [-0.39, 0.29) is 10.9 Å². The molecular weight excluding hydrogens is 306 g/mol. The van der Waals surface area contributed by atoms with E-state index in [2.05, 4.69) is 0 Å². The van der Waals surface area contributed by atoms with E-state index in [0.717, 1.165) is 22.3 Å². The molecule has 0 aliphatic carbocycles. The monoisotopic (exact) mass is 323 g/mol. The van der Waals surface area contributed by atoms with Crippen molar-refractivity contribution < 1.29 is 8.42 Å². The Morgan fingerprint density at radius 3 is 2.10 bits per heavy atom. The molecule has 5 heteroatoms. The predicted octanol–water partition coefficient (Wildman–Crippen LogP) is 3.41. The van der Waals surface area contributed by atoms with Gasteiger partial charge in [-0.3, -0.25) is 0 Å². The third kappa shape index (κ3) is 3.46. The van der Waals surface area contributed by atoms with Crippen LogP contribution in [-0.4, -0.2) is 14.7 Å². The maximum Gasteiger partial charge on any atom is 0.175 e. The fraction of sp³-hybridized carbons (Fsp3) is 0.250. The van der Waals surface area contributed by atoms with Gasteiger partial charge in [-0.2, -0.15) is 0 Å². The molecule has 0 amide bonds. The second-order valence-corrected chi connectivity index (χ2v) is 7.70. The standard InChI is InChI=1S/C16H18ClNO2S/c1-10-8-14(15(17)9-11(10)2)16(18)12-4-6-13(7-5-12)21(3,19)20/h4-9,16H,18H2,1-3H3. The van der Waals surface area contributed by atoms with Gasteiger partial charge in [0.2, 0.25) is 0 Å². The summed E-state index contributed by atoms with van der Waals surface area (Å²) in [6, 6.07) is 10.1. The molecule has 0 aromatic heterocycles. The smallest absolute Gasteiger partial charge is 0.175 e. The van der Waals surface area contributed by atoms with Crippen molar-refractivity contribution in [2.45, 2.75) is 24.8 Å². The van der Waals surface area contributed by atoms with Gasteiger partial charge in [-0.1, -0.05) is 29.8 Å². The van der Waals surface area contributed by atoms with Gasteiger partial charge >= 0.3 is 0 Å². The van der Waals surface area contributed by atoms with Crippen LogP contribution in [0.3, 0.4) is 0 Å². The quantitative estimate of drug-likeness (QED) is 0.941. The first-order valence-corrected chi connectivity index (χ1v) is 8.79. The van der Waals surface area contributed by atoms with Crippen molar-refractivity contribution in [3.63, 3.8) is 0 Å². The fourth-order valence-electron chi connectivity index (χ4n) is 2.14. The lowest BCUT2D eigenvalue weighted by Crippen LogP contribution is -2.13. The van der Waals surface area contributed by atoms with Gasteiger partial charge in [-0.25, -0.2) is 8.42 Å². The lowest BCUT2D eigenvalue weighted by Gasteiger charge is -2.16. The molecule has 3 nitrogen and oxygen atoms in total. The molecule has 0 aliphatic heterocycles. The summed E-state index contributed by atoms with van der Waals surface area (Å²) < 4.78 is 22.9. The number of nitrogens with two attached hydrogens (primary N) is 1. The Morgan fingerprint density at radius 1 is 1.05 bits per heavy atom. The highest BCUT2D eigenvalue weighted by molar-refractivity contribution is 7.90. The van der Waals surface area contributed by atoms with Crippen LogP contribution in [0.4, 0.5) is 0 Å². The number of sulfone groups is 1. The summed E-state index contributed by atoms with van der Waals surface area (Å²) in [4.78, 5) is 0.282. The molecule has 0 spiro atoms. The van der Waals surface area contributed by atoms with Crippen LogP contribution >= 0.6 is 11.6 Å². The second kappa shape index (κ2) is 5.79. The highest BCUT2D eigenvalue weighted by Gasteiger charge is 2.15. The zero-order chi connectivity index (χ0) is 15.8. The number of benzene rings is 2. The van der Waals surface area contributed by atoms with Gasteiger partial charge in [-0.05, 0) is 54.3 Å². The Labute approximate surface area is 130 Å². The van der Waals surface area contributed by atoms with E-state index in [1.807, 2.05) is 26.0 Å². The van der Waals surface area contributed by atoms with Gasteiger partial charge in [0.25, 0.3) is 0 Å². The summed E-state index contributed by atoms with van der Waals surface area (Å²) in [5.74, 6) is 0. The van der Waals surface area contributed by atoms with Gasteiger partial charge in [0.05, 0.1) is 10.9 Å². The van der Waals surface area contributed by atoms with E-state index in [1.165, 1.54) is 6.26 Å². The van der Waals surface area contributed by atoms with Crippen molar-refractivity contribution >= 4 is 21.4 Å². The van der Waals surface area contributed by atoms with Gasteiger partial charge in [0, 0.05) is 11.3 Å². The first-order chi connectivity index (χ1) is 9.70. The molecule has 21 heavy (non-hydrogen) atoms. The van der Waals surface area contributed by atoms with Crippen LogP contribution in [0.25, 0.3) is 0 Å². The Hall–Kier alpha value is -1.36. The Kier molecular flexibility index (Phi) is 4.42. The Morgan fingerprint density at radius 2 is 1.57 bits per heavy atom. The van der Waals surface area contributed by atoms with Crippen molar-refractivity contribution in [1.82, 2.24) is 0 Å². The summed E-state index contributed by atoms with van der Waals surface area (Å²) in [6.07, 6.45) is 1.18. The molecule has 0 saturated heterocycles. The number of hydrogen-bond acceptors (Lipinski definition) is 3. The molecule has 0 saturated carbocycles. The molecule has 0 aliphatic rings. The van der Waals surface area contributed by atoms with Gasteiger partial charge in [-0.15, -0.1) is 0 Å². The molecule has 112 valence electrons. The van der Waals surface area contributed by atoms with Crippen molar-refractivity contribution in [1.29, 1.82) is 0 Å². The zero-order valence-electron chi connectivity index (χ0n) is 12.2. The number of aryl methyl sites for hydroxylation is 2. The molecule has 1 atom stereocenters. The van der Waals surface area contributed by atoms with Crippen molar-refractivity contribution in [3.8, 4) is 0 Å². The minimum absolute atomic E-state index is 0.282. The number of halogens is 1. The van der Waals surface area contributed by atoms with Gasteiger partial charge < -0.3 is 5.73 Å². The SMILES string of the molecule is Cc1cc(Cl)c(C(N)c2ccc(S(C)(=O)=O)cc2)cc1C. The maximum atomic E-state index is 11.5. The molecular formula is C16H18ClNO2S. The summed E-state index contributed by atoms with van der Waals surface area (Å²) in [5.41, 5.74) is 10.2. The lowest BCUT2D eigenvalue weighted by atomic mass is 9.96. The molecule has 2 aromatic carbocycles. The van der Waals surface area contributed by atoms with Crippen molar-refractivity contribution in [3.05, 3.63) is 63.7 Å². The largest absolute Gasteiger partial charge is 0.320 e. The molecule has 0 bridgehead atoms. The highest BCUT2D eigenvalue weighted by atomic mass is 35.5.